The number of hydrazine groups is 1. The maximum absolute atomic E-state index is 4.50. The first-order valence-electron chi connectivity index (χ1n) is 6.27. The number of aliphatic imine (C=N–C) groups is 1. The van der Waals surface area contributed by atoms with Crippen LogP contribution in [0, 0.1) is 13.6 Å². The van der Waals surface area contributed by atoms with Crippen LogP contribution in [0.5, 0.6) is 0 Å². The minimum absolute atomic E-state index is 0.951. The van der Waals surface area contributed by atoms with E-state index < -0.39 is 0 Å². The molecule has 0 saturated carbocycles. The predicted octanol–water partition coefficient (Wildman–Crippen LogP) is 2.99. The zero-order valence-corrected chi connectivity index (χ0v) is 10.7. The molecular weight excluding hydrogens is 234 g/mol. The Morgan fingerprint density at radius 2 is 1.79 bits per heavy atom. The molecule has 19 heavy (non-hydrogen) atoms. The van der Waals surface area contributed by atoms with Gasteiger partial charge in [-0.25, -0.2) is 9.69 Å². The number of aryl methyl sites for hydroxylation is 1. The van der Waals surface area contributed by atoms with E-state index in [0.717, 1.165) is 11.4 Å². The molecule has 2 heterocycles. The number of fused-ring (bicyclic) bond motifs is 6. The molecule has 4 rings (SSSR count). The molecule has 92 valence electrons. The number of nitrogens with zero attached hydrogens (tertiary/aromatic N) is 3. The average Bonchev–Trinajstić information content (AvgIpc) is 2.82. The number of benzene rings is 2. The first-order chi connectivity index (χ1) is 9.27. The van der Waals surface area contributed by atoms with Crippen molar-refractivity contribution in [2.24, 2.45) is 4.99 Å². The van der Waals surface area contributed by atoms with Gasteiger partial charge in [0.05, 0.1) is 5.69 Å². The number of anilines is 1. The Labute approximate surface area is 112 Å². The Hall–Kier alpha value is -2.55. The molecule has 0 radical (unpaired) electrons. The van der Waals surface area contributed by atoms with Gasteiger partial charge < -0.3 is 0 Å². The first-order valence-corrected chi connectivity index (χ1v) is 6.27. The normalized spacial score (nSPS) is 15.3. The van der Waals surface area contributed by atoms with E-state index >= 15 is 0 Å². The van der Waals surface area contributed by atoms with E-state index in [1.807, 2.05) is 6.07 Å². The van der Waals surface area contributed by atoms with Crippen LogP contribution in [0.4, 0.5) is 5.69 Å². The summed E-state index contributed by atoms with van der Waals surface area (Å²) < 4.78 is 1.79. The molecule has 0 aromatic heterocycles. The van der Waals surface area contributed by atoms with E-state index in [1.54, 1.807) is 11.4 Å². The van der Waals surface area contributed by atoms with Crippen LogP contribution in [0.2, 0.25) is 0 Å². The summed E-state index contributed by atoms with van der Waals surface area (Å²) in [6.07, 6.45) is 0. The minimum atomic E-state index is 0.951. The zero-order chi connectivity index (χ0) is 13.0. The highest BCUT2D eigenvalue weighted by molar-refractivity contribution is 6.18. The van der Waals surface area contributed by atoms with E-state index in [4.69, 9.17) is 0 Å². The number of hydrogen-bond acceptors (Lipinski definition) is 2. The highest BCUT2D eigenvalue weighted by Gasteiger charge is 2.33. The van der Waals surface area contributed by atoms with Gasteiger partial charge in [0.25, 0.3) is 0 Å². The molecule has 2 aromatic rings. The molecule has 0 spiro atoms. The number of amidine groups is 1. The zero-order valence-electron chi connectivity index (χ0n) is 10.7. The summed E-state index contributed by atoms with van der Waals surface area (Å²) in [5.41, 5.74) is 6.02. The molecule has 3 nitrogen and oxygen atoms in total. The number of para-hydroxylation sites is 1. The van der Waals surface area contributed by atoms with Crippen molar-refractivity contribution in [1.82, 2.24) is 0 Å². The van der Waals surface area contributed by atoms with Crippen LogP contribution in [0.3, 0.4) is 0 Å². The lowest BCUT2D eigenvalue weighted by molar-refractivity contribution is -0.469. The summed E-state index contributed by atoms with van der Waals surface area (Å²) in [6, 6.07) is 14.8. The maximum atomic E-state index is 4.50. The molecule has 3 heteroatoms. The lowest BCUT2D eigenvalue weighted by atomic mass is 9.91. The van der Waals surface area contributed by atoms with Crippen molar-refractivity contribution in [3.8, 4) is 11.1 Å². The van der Waals surface area contributed by atoms with Crippen molar-refractivity contribution in [1.29, 1.82) is 0 Å². The Morgan fingerprint density at radius 1 is 1.05 bits per heavy atom. The lowest BCUT2D eigenvalue weighted by Gasteiger charge is -2.31. The Bertz CT molecular complexity index is 743. The third-order valence-corrected chi connectivity index (χ3v) is 3.68. The molecule has 0 saturated heterocycles. The molecule has 2 aliphatic rings. The van der Waals surface area contributed by atoms with Gasteiger partial charge in [-0.2, -0.15) is 4.99 Å². The molecule has 0 N–H and O–H groups in total. The van der Waals surface area contributed by atoms with Crippen molar-refractivity contribution in [3.05, 3.63) is 60.3 Å². The standard InChI is InChI=1S/C16H13N3/c1-11-6-5-9-13-12-7-3-4-8-14(12)16-17-10-18(2)19(16)15(11)13/h3-10H,2H2,1H3. The second-order valence-corrected chi connectivity index (χ2v) is 4.84. The van der Waals surface area contributed by atoms with Gasteiger partial charge in [0.15, 0.2) is 5.84 Å². The summed E-state index contributed by atoms with van der Waals surface area (Å²) in [6.45, 7) is 7.90. The quantitative estimate of drug-likeness (QED) is 0.517. The molecule has 0 bridgehead atoms. The van der Waals surface area contributed by atoms with Crippen LogP contribution in [-0.2, 0) is 0 Å². The molecule has 0 atom stereocenters. The van der Waals surface area contributed by atoms with Crippen molar-refractivity contribution < 1.29 is 4.68 Å². The lowest BCUT2D eigenvalue weighted by Crippen LogP contribution is -2.37. The predicted molar refractivity (Wildman–Crippen MR) is 77.3 cm³/mol. The molecule has 0 fully saturated rings. The monoisotopic (exact) mass is 247 g/mol. The van der Waals surface area contributed by atoms with Crippen molar-refractivity contribution in [2.75, 3.05) is 5.01 Å². The fourth-order valence-corrected chi connectivity index (χ4v) is 2.84. The van der Waals surface area contributed by atoms with Gasteiger partial charge in [-0.05, 0) is 30.3 Å². The van der Waals surface area contributed by atoms with Gasteiger partial charge in [0, 0.05) is 5.56 Å². The molecule has 0 unspecified atom stereocenters. The van der Waals surface area contributed by atoms with Crippen LogP contribution < -0.4 is 5.01 Å². The maximum Gasteiger partial charge on any atom is 0.202 e. The van der Waals surface area contributed by atoms with Crippen LogP contribution in [-0.4, -0.2) is 17.2 Å². The van der Waals surface area contributed by atoms with E-state index in [1.165, 1.54) is 22.4 Å². The molecule has 0 amide bonds. The van der Waals surface area contributed by atoms with Gasteiger partial charge >= 0.3 is 0 Å². The third-order valence-electron chi connectivity index (χ3n) is 3.68. The molecule has 0 aliphatic carbocycles. The second kappa shape index (κ2) is 3.48. The van der Waals surface area contributed by atoms with Gasteiger partial charge in [-0.15, -0.1) is 0 Å². The smallest absolute Gasteiger partial charge is 0.202 e. The van der Waals surface area contributed by atoms with Crippen LogP contribution in [0.25, 0.3) is 11.1 Å². The minimum Gasteiger partial charge on any atom is -0.247 e. The van der Waals surface area contributed by atoms with E-state index in [2.05, 4.69) is 60.0 Å². The fourth-order valence-electron chi connectivity index (χ4n) is 2.84. The van der Waals surface area contributed by atoms with Gasteiger partial charge in [0.1, 0.15) is 0 Å². The van der Waals surface area contributed by atoms with Crippen molar-refractivity contribution >= 4 is 18.2 Å². The third kappa shape index (κ3) is 1.24. The van der Waals surface area contributed by atoms with Crippen LogP contribution in [0.15, 0.2) is 47.5 Å². The van der Waals surface area contributed by atoms with E-state index in [9.17, 15) is 0 Å². The number of hydrazone groups is 1. The topological polar surface area (TPSA) is 18.6 Å². The highest BCUT2D eigenvalue weighted by Crippen LogP contribution is 2.42. The SMILES string of the molecule is C=[N+]1[CH-]N=C2c3ccccc3-c3cccc(C)c3N21. The van der Waals surface area contributed by atoms with Crippen molar-refractivity contribution in [3.63, 3.8) is 0 Å². The summed E-state index contributed by atoms with van der Waals surface area (Å²) >= 11 is 0. The fraction of sp³-hybridized carbons (Fsp3) is 0.0625. The summed E-state index contributed by atoms with van der Waals surface area (Å²) in [5.74, 6) is 0.951. The van der Waals surface area contributed by atoms with Crippen molar-refractivity contribution in [2.45, 2.75) is 6.92 Å². The summed E-state index contributed by atoms with van der Waals surface area (Å²) in [7, 11) is 0. The first kappa shape index (κ1) is 10.4. The Kier molecular flexibility index (Phi) is 1.90. The largest absolute Gasteiger partial charge is 0.247 e. The summed E-state index contributed by atoms with van der Waals surface area (Å²) in [4.78, 5) is 4.50. The van der Waals surface area contributed by atoms with Crippen LogP contribution >= 0.6 is 0 Å². The van der Waals surface area contributed by atoms with Gasteiger partial charge in [0.2, 0.25) is 6.67 Å². The average molecular weight is 247 g/mol. The molecular formula is C16H13N3. The highest BCUT2D eigenvalue weighted by atomic mass is 15.6. The molecule has 2 aliphatic heterocycles. The summed E-state index contributed by atoms with van der Waals surface area (Å²) in [5, 5.41) is 2.08. The van der Waals surface area contributed by atoms with Crippen LogP contribution in [0.1, 0.15) is 11.1 Å². The Morgan fingerprint density at radius 3 is 2.63 bits per heavy atom. The number of rotatable bonds is 0. The Balaban J connectivity index is 2.13. The molecule has 2 aromatic carbocycles. The van der Waals surface area contributed by atoms with E-state index in [0.29, 0.717) is 0 Å². The van der Waals surface area contributed by atoms with Gasteiger partial charge in [-0.3, -0.25) is 0 Å². The van der Waals surface area contributed by atoms with E-state index in [-0.39, 0.29) is 0 Å². The second-order valence-electron chi connectivity index (χ2n) is 4.84. The van der Waals surface area contributed by atoms with Gasteiger partial charge in [-0.1, -0.05) is 42.5 Å². The number of hydrogen-bond donors (Lipinski definition) is 0.